The number of carboxylic acids is 1. The molecular formula is C16H19N3O4. The van der Waals surface area contributed by atoms with E-state index in [-0.39, 0.29) is 25.0 Å². The van der Waals surface area contributed by atoms with E-state index < -0.39 is 5.97 Å². The second kappa shape index (κ2) is 7.44. The first-order chi connectivity index (χ1) is 10.9. The van der Waals surface area contributed by atoms with Gasteiger partial charge in [0.2, 0.25) is 5.91 Å². The number of hydrogen-bond donors (Lipinski definition) is 2. The molecule has 23 heavy (non-hydrogen) atoms. The normalized spacial score (nSPS) is 10.6. The van der Waals surface area contributed by atoms with Crippen molar-refractivity contribution < 1.29 is 19.4 Å². The molecule has 0 spiro atoms. The topological polar surface area (TPSA) is 93.5 Å². The molecule has 122 valence electrons. The monoisotopic (exact) mass is 317 g/mol. The van der Waals surface area contributed by atoms with Gasteiger partial charge in [-0.15, -0.1) is 0 Å². The molecule has 0 fully saturated rings. The van der Waals surface area contributed by atoms with E-state index in [1.807, 2.05) is 38.1 Å². The van der Waals surface area contributed by atoms with Crippen molar-refractivity contribution >= 4 is 17.7 Å². The van der Waals surface area contributed by atoms with Gasteiger partial charge in [0, 0.05) is 12.3 Å². The lowest BCUT2D eigenvalue weighted by Crippen LogP contribution is -2.16. The number of nitrogens with one attached hydrogen (secondary N) is 1. The lowest BCUT2D eigenvalue weighted by Gasteiger charge is -2.10. The molecule has 7 heteroatoms. The Kier molecular flexibility index (Phi) is 5.35. The Bertz CT molecular complexity index is 694. The van der Waals surface area contributed by atoms with Gasteiger partial charge in [-0.3, -0.25) is 14.3 Å². The van der Waals surface area contributed by atoms with E-state index in [1.165, 1.54) is 10.9 Å². The van der Waals surface area contributed by atoms with Crippen molar-refractivity contribution in [2.24, 2.45) is 0 Å². The van der Waals surface area contributed by atoms with Gasteiger partial charge in [0.15, 0.2) is 5.82 Å². The molecule has 0 aliphatic heterocycles. The molecule has 1 heterocycles. The SMILES string of the molecule is CC(C)Oc1cccc(CC(=O)Nc2ccn(CC(=O)O)n2)c1. The van der Waals surface area contributed by atoms with Gasteiger partial charge >= 0.3 is 5.97 Å². The van der Waals surface area contributed by atoms with Crippen LogP contribution in [0.5, 0.6) is 5.75 Å². The molecule has 2 aromatic rings. The van der Waals surface area contributed by atoms with E-state index in [4.69, 9.17) is 9.84 Å². The summed E-state index contributed by atoms with van der Waals surface area (Å²) >= 11 is 0. The zero-order valence-electron chi connectivity index (χ0n) is 13.0. The van der Waals surface area contributed by atoms with Crippen molar-refractivity contribution in [2.45, 2.75) is 32.9 Å². The summed E-state index contributed by atoms with van der Waals surface area (Å²) in [5.41, 5.74) is 0.825. The summed E-state index contributed by atoms with van der Waals surface area (Å²) in [7, 11) is 0. The number of carbonyl (C=O) groups is 2. The maximum atomic E-state index is 12.0. The summed E-state index contributed by atoms with van der Waals surface area (Å²) in [6, 6.07) is 8.90. The van der Waals surface area contributed by atoms with E-state index in [2.05, 4.69) is 10.4 Å². The van der Waals surface area contributed by atoms with Gasteiger partial charge in [0.05, 0.1) is 12.5 Å². The van der Waals surface area contributed by atoms with Gasteiger partial charge in [0.25, 0.3) is 0 Å². The molecule has 0 saturated heterocycles. The molecule has 0 unspecified atom stereocenters. The van der Waals surface area contributed by atoms with Gasteiger partial charge in [0.1, 0.15) is 12.3 Å². The molecule has 1 aromatic heterocycles. The zero-order chi connectivity index (χ0) is 16.8. The Balaban J connectivity index is 1.94. The number of hydrogen-bond acceptors (Lipinski definition) is 4. The first kappa shape index (κ1) is 16.5. The van der Waals surface area contributed by atoms with Gasteiger partial charge < -0.3 is 15.2 Å². The van der Waals surface area contributed by atoms with Crippen LogP contribution >= 0.6 is 0 Å². The smallest absolute Gasteiger partial charge is 0.325 e. The van der Waals surface area contributed by atoms with Crippen LogP contribution in [-0.2, 0) is 22.6 Å². The Labute approximate surface area is 133 Å². The molecule has 1 aromatic carbocycles. The molecule has 0 atom stereocenters. The van der Waals surface area contributed by atoms with Gasteiger partial charge in [-0.2, -0.15) is 5.10 Å². The number of carboxylic acid groups (broad SMARTS) is 1. The summed E-state index contributed by atoms with van der Waals surface area (Å²) in [5.74, 6) is -0.179. The fourth-order valence-electron chi connectivity index (χ4n) is 2.03. The van der Waals surface area contributed by atoms with Crippen LogP contribution in [0.1, 0.15) is 19.4 Å². The van der Waals surface area contributed by atoms with Crippen LogP contribution < -0.4 is 10.1 Å². The molecule has 2 N–H and O–H groups in total. The van der Waals surface area contributed by atoms with Crippen LogP contribution in [0.2, 0.25) is 0 Å². The predicted molar refractivity (Wildman–Crippen MR) is 84.4 cm³/mol. The Morgan fingerprint density at radius 2 is 2.13 bits per heavy atom. The molecule has 0 radical (unpaired) electrons. The summed E-state index contributed by atoms with van der Waals surface area (Å²) in [6.07, 6.45) is 1.75. The predicted octanol–water partition coefficient (Wildman–Crippen LogP) is 1.94. The van der Waals surface area contributed by atoms with Crippen molar-refractivity contribution in [3.63, 3.8) is 0 Å². The standard InChI is InChI=1S/C16H19N3O4/c1-11(2)23-13-5-3-4-12(8-13)9-15(20)17-14-6-7-19(18-14)10-16(21)22/h3-8,11H,9-10H2,1-2H3,(H,21,22)(H,17,18,20). The van der Waals surface area contributed by atoms with Crippen molar-refractivity contribution in [3.05, 3.63) is 42.1 Å². The first-order valence-corrected chi connectivity index (χ1v) is 7.23. The second-order valence-corrected chi connectivity index (χ2v) is 5.33. The quantitative estimate of drug-likeness (QED) is 0.814. The third-order valence-corrected chi connectivity index (χ3v) is 2.84. The number of carbonyl (C=O) groups excluding carboxylic acids is 1. The van der Waals surface area contributed by atoms with Crippen molar-refractivity contribution in [1.82, 2.24) is 9.78 Å². The highest BCUT2D eigenvalue weighted by Gasteiger charge is 2.08. The molecule has 0 aliphatic rings. The number of ether oxygens (including phenoxy) is 1. The highest BCUT2D eigenvalue weighted by Crippen LogP contribution is 2.15. The molecule has 1 amide bonds. The zero-order valence-corrected chi connectivity index (χ0v) is 13.0. The van der Waals surface area contributed by atoms with Crippen LogP contribution in [0, 0.1) is 0 Å². The molecule has 2 rings (SSSR count). The molecular weight excluding hydrogens is 298 g/mol. The number of benzene rings is 1. The minimum Gasteiger partial charge on any atom is -0.491 e. The van der Waals surface area contributed by atoms with E-state index in [0.29, 0.717) is 5.82 Å². The fourth-order valence-corrected chi connectivity index (χ4v) is 2.03. The number of rotatable bonds is 7. The van der Waals surface area contributed by atoms with Gasteiger partial charge in [-0.1, -0.05) is 12.1 Å². The Hall–Kier alpha value is -2.83. The highest BCUT2D eigenvalue weighted by atomic mass is 16.5. The van der Waals surface area contributed by atoms with Gasteiger partial charge in [-0.05, 0) is 31.5 Å². The highest BCUT2D eigenvalue weighted by molar-refractivity contribution is 5.91. The van der Waals surface area contributed by atoms with E-state index in [0.717, 1.165) is 11.3 Å². The summed E-state index contributed by atoms with van der Waals surface area (Å²) in [4.78, 5) is 22.6. The fraction of sp³-hybridized carbons (Fsp3) is 0.312. The Morgan fingerprint density at radius 3 is 2.83 bits per heavy atom. The number of aliphatic carboxylic acids is 1. The average Bonchev–Trinajstić information content (AvgIpc) is 2.84. The lowest BCUT2D eigenvalue weighted by molar-refractivity contribution is -0.137. The van der Waals surface area contributed by atoms with E-state index in [9.17, 15) is 9.59 Å². The summed E-state index contributed by atoms with van der Waals surface area (Å²) in [5, 5.41) is 15.3. The third-order valence-electron chi connectivity index (χ3n) is 2.84. The van der Waals surface area contributed by atoms with Crippen LogP contribution in [0.25, 0.3) is 0 Å². The number of amides is 1. The number of aromatic nitrogens is 2. The summed E-state index contributed by atoms with van der Waals surface area (Å²) < 4.78 is 6.84. The van der Waals surface area contributed by atoms with Crippen LogP contribution in [-0.4, -0.2) is 32.9 Å². The molecule has 0 saturated carbocycles. The Morgan fingerprint density at radius 1 is 1.35 bits per heavy atom. The summed E-state index contributed by atoms with van der Waals surface area (Å²) in [6.45, 7) is 3.63. The minimum absolute atomic E-state index is 0.0669. The largest absolute Gasteiger partial charge is 0.491 e. The van der Waals surface area contributed by atoms with Gasteiger partial charge in [-0.25, -0.2) is 0 Å². The number of anilines is 1. The second-order valence-electron chi connectivity index (χ2n) is 5.33. The lowest BCUT2D eigenvalue weighted by atomic mass is 10.1. The van der Waals surface area contributed by atoms with Crippen molar-refractivity contribution in [1.29, 1.82) is 0 Å². The van der Waals surface area contributed by atoms with Crippen LogP contribution in [0.15, 0.2) is 36.5 Å². The van der Waals surface area contributed by atoms with Crippen LogP contribution in [0.3, 0.4) is 0 Å². The third kappa shape index (κ3) is 5.46. The number of nitrogens with zero attached hydrogens (tertiary/aromatic N) is 2. The van der Waals surface area contributed by atoms with Crippen molar-refractivity contribution in [3.8, 4) is 5.75 Å². The van der Waals surface area contributed by atoms with E-state index in [1.54, 1.807) is 6.07 Å². The average molecular weight is 317 g/mol. The van der Waals surface area contributed by atoms with Crippen LogP contribution in [0.4, 0.5) is 5.82 Å². The van der Waals surface area contributed by atoms with E-state index >= 15 is 0 Å². The maximum absolute atomic E-state index is 12.0. The minimum atomic E-state index is -0.993. The maximum Gasteiger partial charge on any atom is 0.325 e. The molecule has 0 bridgehead atoms. The first-order valence-electron chi connectivity index (χ1n) is 7.23. The van der Waals surface area contributed by atoms with Crippen molar-refractivity contribution in [2.75, 3.05) is 5.32 Å². The molecule has 0 aliphatic carbocycles. The molecule has 7 nitrogen and oxygen atoms in total.